The van der Waals surface area contributed by atoms with Crippen molar-refractivity contribution in [3.8, 4) is 0 Å². The Bertz CT molecular complexity index is 459. The summed E-state index contributed by atoms with van der Waals surface area (Å²) < 4.78 is 0. The first-order valence-corrected chi connectivity index (χ1v) is 5.41. The Hall–Kier alpha value is -1.45. The van der Waals surface area contributed by atoms with Gasteiger partial charge in [-0.15, -0.1) is 0 Å². The van der Waals surface area contributed by atoms with Crippen LogP contribution in [0, 0.1) is 0 Å². The molecule has 1 aromatic heterocycles. The molecule has 0 aliphatic heterocycles. The lowest BCUT2D eigenvalue weighted by Gasteiger charge is -2.12. The molecule has 0 aliphatic carbocycles. The number of nitrogens with two attached hydrogens (primary N) is 1. The fraction of sp³-hybridized carbons (Fsp3) is 0.167. The zero-order valence-corrected chi connectivity index (χ0v) is 9.43. The van der Waals surface area contributed by atoms with Gasteiger partial charge in [-0.2, -0.15) is 10.2 Å². The van der Waals surface area contributed by atoms with Gasteiger partial charge in [0, 0.05) is 17.3 Å². The van der Waals surface area contributed by atoms with Gasteiger partial charge in [-0.3, -0.25) is 0 Å². The van der Waals surface area contributed by atoms with Crippen LogP contribution in [0.1, 0.15) is 17.2 Å². The van der Waals surface area contributed by atoms with E-state index in [1.54, 1.807) is 12.4 Å². The van der Waals surface area contributed by atoms with Crippen LogP contribution in [0.5, 0.6) is 0 Å². The summed E-state index contributed by atoms with van der Waals surface area (Å²) in [4.78, 5) is 0. The number of halogens is 1. The first-order chi connectivity index (χ1) is 7.77. The number of rotatable bonds is 3. The average molecular weight is 234 g/mol. The highest BCUT2D eigenvalue weighted by Crippen LogP contribution is 2.21. The molecule has 4 heteroatoms. The van der Waals surface area contributed by atoms with Crippen molar-refractivity contribution in [3.63, 3.8) is 0 Å². The van der Waals surface area contributed by atoms with E-state index in [2.05, 4.69) is 10.2 Å². The molecule has 16 heavy (non-hydrogen) atoms. The Morgan fingerprint density at radius 2 is 2.00 bits per heavy atom. The minimum Gasteiger partial charge on any atom is -0.324 e. The van der Waals surface area contributed by atoms with Gasteiger partial charge in [0.15, 0.2) is 0 Å². The Morgan fingerprint density at radius 3 is 2.69 bits per heavy atom. The maximum atomic E-state index is 6.07. The third-order valence-corrected chi connectivity index (χ3v) is 2.80. The Labute approximate surface area is 99.3 Å². The van der Waals surface area contributed by atoms with Crippen LogP contribution in [0.2, 0.25) is 5.02 Å². The van der Waals surface area contributed by atoms with Crippen molar-refractivity contribution < 1.29 is 0 Å². The van der Waals surface area contributed by atoms with Gasteiger partial charge in [0.25, 0.3) is 0 Å². The van der Waals surface area contributed by atoms with Gasteiger partial charge in [0.1, 0.15) is 0 Å². The molecule has 2 aromatic rings. The second kappa shape index (κ2) is 5.05. The second-order valence-electron chi connectivity index (χ2n) is 3.58. The highest BCUT2D eigenvalue weighted by atomic mass is 35.5. The van der Waals surface area contributed by atoms with Gasteiger partial charge in [0.2, 0.25) is 0 Å². The maximum Gasteiger partial charge on any atom is 0.0544 e. The molecular weight excluding hydrogens is 222 g/mol. The summed E-state index contributed by atoms with van der Waals surface area (Å²) >= 11 is 6.07. The molecule has 2 rings (SSSR count). The van der Waals surface area contributed by atoms with E-state index >= 15 is 0 Å². The van der Waals surface area contributed by atoms with E-state index in [0.717, 1.165) is 16.1 Å². The molecule has 2 N–H and O–H groups in total. The van der Waals surface area contributed by atoms with Crippen molar-refractivity contribution >= 4 is 11.6 Å². The van der Waals surface area contributed by atoms with Crippen LogP contribution < -0.4 is 5.73 Å². The lowest BCUT2D eigenvalue weighted by molar-refractivity contribution is 0.713. The van der Waals surface area contributed by atoms with E-state index in [0.29, 0.717) is 6.42 Å². The van der Waals surface area contributed by atoms with E-state index in [-0.39, 0.29) is 6.04 Å². The molecule has 1 unspecified atom stereocenters. The quantitative estimate of drug-likeness (QED) is 0.886. The normalized spacial score (nSPS) is 12.4. The predicted molar refractivity (Wildman–Crippen MR) is 64.1 cm³/mol. The molecule has 0 aliphatic rings. The van der Waals surface area contributed by atoms with Crippen molar-refractivity contribution in [1.29, 1.82) is 0 Å². The number of aromatic nitrogens is 2. The number of hydrogen-bond donors (Lipinski definition) is 1. The van der Waals surface area contributed by atoms with E-state index in [4.69, 9.17) is 17.3 Å². The zero-order chi connectivity index (χ0) is 11.4. The summed E-state index contributed by atoms with van der Waals surface area (Å²) in [5.74, 6) is 0. The van der Waals surface area contributed by atoms with Crippen LogP contribution in [0.15, 0.2) is 42.7 Å². The average Bonchev–Trinajstić information content (AvgIpc) is 2.33. The molecule has 0 amide bonds. The summed E-state index contributed by atoms with van der Waals surface area (Å²) in [6.45, 7) is 0. The first kappa shape index (κ1) is 11.0. The minimum atomic E-state index is -0.101. The van der Waals surface area contributed by atoms with E-state index in [1.807, 2.05) is 30.3 Å². The molecule has 0 fully saturated rings. The monoisotopic (exact) mass is 233 g/mol. The molecule has 0 spiro atoms. The molecule has 3 nitrogen and oxygen atoms in total. The minimum absolute atomic E-state index is 0.101. The third kappa shape index (κ3) is 2.56. The van der Waals surface area contributed by atoms with Crippen LogP contribution in [-0.2, 0) is 6.42 Å². The number of benzene rings is 1. The Balaban J connectivity index is 2.14. The molecule has 1 heterocycles. The van der Waals surface area contributed by atoms with Crippen LogP contribution >= 0.6 is 11.6 Å². The lowest BCUT2D eigenvalue weighted by atomic mass is 10.0. The molecule has 0 bridgehead atoms. The summed E-state index contributed by atoms with van der Waals surface area (Å²) in [7, 11) is 0. The van der Waals surface area contributed by atoms with Crippen molar-refractivity contribution in [2.24, 2.45) is 5.73 Å². The predicted octanol–water partition coefficient (Wildman–Crippen LogP) is 2.37. The first-order valence-electron chi connectivity index (χ1n) is 5.03. The van der Waals surface area contributed by atoms with Gasteiger partial charge in [-0.25, -0.2) is 0 Å². The summed E-state index contributed by atoms with van der Waals surface area (Å²) in [6.07, 6.45) is 4.02. The van der Waals surface area contributed by atoms with Gasteiger partial charge < -0.3 is 5.73 Å². The van der Waals surface area contributed by atoms with Gasteiger partial charge in [-0.05, 0) is 29.7 Å². The largest absolute Gasteiger partial charge is 0.324 e. The molecule has 1 atom stereocenters. The Kier molecular flexibility index (Phi) is 3.49. The highest BCUT2D eigenvalue weighted by molar-refractivity contribution is 6.31. The second-order valence-corrected chi connectivity index (χ2v) is 3.99. The highest BCUT2D eigenvalue weighted by Gasteiger charge is 2.09. The maximum absolute atomic E-state index is 6.07. The van der Waals surface area contributed by atoms with Gasteiger partial charge in [-0.1, -0.05) is 29.8 Å². The molecule has 0 saturated heterocycles. The summed E-state index contributed by atoms with van der Waals surface area (Å²) in [5, 5.41) is 8.28. The number of nitrogens with zero attached hydrogens (tertiary/aromatic N) is 2. The van der Waals surface area contributed by atoms with Crippen molar-refractivity contribution in [2.45, 2.75) is 12.5 Å². The van der Waals surface area contributed by atoms with Crippen molar-refractivity contribution in [2.75, 3.05) is 0 Å². The van der Waals surface area contributed by atoms with Crippen LogP contribution in [0.4, 0.5) is 0 Å². The van der Waals surface area contributed by atoms with Crippen LogP contribution in [-0.4, -0.2) is 10.2 Å². The van der Waals surface area contributed by atoms with E-state index in [1.165, 1.54) is 0 Å². The topological polar surface area (TPSA) is 51.8 Å². The van der Waals surface area contributed by atoms with Crippen molar-refractivity contribution in [3.05, 3.63) is 58.9 Å². The SMILES string of the molecule is NC(Cc1ccccc1Cl)c1ccnnc1. The van der Waals surface area contributed by atoms with Crippen molar-refractivity contribution in [1.82, 2.24) is 10.2 Å². The molecule has 0 saturated carbocycles. The molecule has 1 aromatic carbocycles. The fourth-order valence-electron chi connectivity index (χ4n) is 1.54. The van der Waals surface area contributed by atoms with Gasteiger partial charge in [0.05, 0.1) is 6.20 Å². The lowest BCUT2D eigenvalue weighted by Crippen LogP contribution is -2.13. The zero-order valence-electron chi connectivity index (χ0n) is 8.68. The van der Waals surface area contributed by atoms with E-state index < -0.39 is 0 Å². The fourth-order valence-corrected chi connectivity index (χ4v) is 1.75. The van der Waals surface area contributed by atoms with E-state index in [9.17, 15) is 0 Å². The standard InChI is InChI=1S/C12H12ClN3/c13-11-4-2-1-3-9(11)7-12(14)10-5-6-15-16-8-10/h1-6,8,12H,7,14H2. The Morgan fingerprint density at radius 1 is 1.19 bits per heavy atom. The van der Waals surface area contributed by atoms with Gasteiger partial charge >= 0.3 is 0 Å². The van der Waals surface area contributed by atoms with Crippen LogP contribution in [0.25, 0.3) is 0 Å². The molecule has 82 valence electrons. The number of hydrogen-bond acceptors (Lipinski definition) is 3. The third-order valence-electron chi connectivity index (χ3n) is 2.43. The van der Waals surface area contributed by atoms with Crippen LogP contribution in [0.3, 0.4) is 0 Å². The molecule has 0 radical (unpaired) electrons. The smallest absolute Gasteiger partial charge is 0.0544 e. The molecular formula is C12H12ClN3. The summed E-state index contributed by atoms with van der Waals surface area (Å²) in [6, 6.07) is 9.49. The summed E-state index contributed by atoms with van der Waals surface area (Å²) in [5.41, 5.74) is 8.09.